The highest BCUT2D eigenvalue weighted by Crippen LogP contribution is 2.16. The van der Waals surface area contributed by atoms with Gasteiger partial charge in [-0.2, -0.15) is 11.3 Å². The zero-order valence-electron chi connectivity index (χ0n) is 10.8. The standard InChI is InChI=1S/C14H17N3OS/c1-10-2-3-12(13(8-10)17-15)14(18)16-6-4-11-5-7-19-9-11/h2-3,5,7-9,17H,4,6,15H2,1H3,(H,16,18). The van der Waals surface area contributed by atoms with Crippen LogP contribution in [0.2, 0.25) is 0 Å². The molecule has 0 spiro atoms. The number of carbonyl (C=O) groups is 1. The molecular weight excluding hydrogens is 258 g/mol. The van der Waals surface area contributed by atoms with Gasteiger partial charge in [0.1, 0.15) is 0 Å². The number of hydrogen-bond acceptors (Lipinski definition) is 4. The van der Waals surface area contributed by atoms with Crippen LogP contribution in [0.1, 0.15) is 21.5 Å². The third-order valence-corrected chi connectivity index (χ3v) is 3.59. The number of amides is 1. The van der Waals surface area contributed by atoms with E-state index in [0.29, 0.717) is 17.8 Å². The van der Waals surface area contributed by atoms with E-state index in [1.165, 1.54) is 5.56 Å². The Morgan fingerprint density at radius 3 is 2.89 bits per heavy atom. The molecule has 1 aromatic heterocycles. The van der Waals surface area contributed by atoms with Crippen molar-refractivity contribution in [1.82, 2.24) is 5.32 Å². The highest BCUT2D eigenvalue weighted by Gasteiger charge is 2.10. The lowest BCUT2D eigenvalue weighted by molar-refractivity contribution is 0.0955. The van der Waals surface area contributed by atoms with E-state index in [2.05, 4.69) is 22.2 Å². The molecule has 0 saturated heterocycles. The van der Waals surface area contributed by atoms with Crippen molar-refractivity contribution in [3.8, 4) is 0 Å². The lowest BCUT2D eigenvalue weighted by Crippen LogP contribution is -2.27. The smallest absolute Gasteiger partial charge is 0.253 e. The summed E-state index contributed by atoms with van der Waals surface area (Å²) in [6.07, 6.45) is 0.840. The lowest BCUT2D eigenvalue weighted by atomic mass is 10.1. The van der Waals surface area contributed by atoms with Gasteiger partial charge in [0.05, 0.1) is 11.3 Å². The number of carbonyl (C=O) groups excluding carboxylic acids is 1. The van der Waals surface area contributed by atoms with Gasteiger partial charge in [-0.05, 0) is 53.4 Å². The van der Waals surface area contributed by atoms with Gasteiger partial charge in [-0.15, -0.1) is 0 Å². The van der Waals surface area contributed by atoms with Crippen LogP contribution in [0.5, 0.6) is 0 Å². The first-order valence-electron chi connectivity index (χ1n) is 6.07. The first kappa shape index (κ1) is 13.6. The molecule has 4 nitrogen and oxygen atoms in total. The molecule has 0 fully saturated rings. The number of nitrogens with one attached hydrogen (secondary N) is 2. The van der Waals surface area contributed by atoms with Crippen LogP contribution in [0.3, 0.4) is 0 Å². The zero-order chi connectivity index (χ0) is 13.7. The first-order valence-corrected chi connectivity index (χ1v) is 7.01. The average Bonchev–Trinajstić information content (AvgIpc) is 2.91. The van der Waals surface area contributed by atoms with E-state index in [0.717, 1.165) is 12.0 Å². The normalized spacial score (nSPS) is 10.2. The molecule has 0 radical (unpaired) electrons. The molecule has 0 bridgehead atoms. The van der Waals surface area contributed by atoms with Crippen LogP contribution < -0.4 is 16.6 Å². The summed E-state index contributed by atoms with van der Waals surface area (Å²) in [6, 6.07) is 7.60. The Hall–Kier alpha value is -1.85. The molecule has 2 aromatic rings. The van der Waals surface area contributed by atoms with Crippen LogP contribution >= 0.6 is 11.3 Å². The molecule has 2 rings (SSSR count). The molecule has 0 unspecified atom stereocenters. The number of aryl methyl sites for hydroxylation is 1. The summed E-state index contributed by atoms with van der Waals surface area (Å²) < 4.78 is 0. The Labute approximate surface area is 116 Å². The maximum absolute atomic E-state index is 12.1. The molecule has 0 aliphatic carbocycles. The van der Waals surface area contributed by atoms with Gasteiger partial charge in [0.2, 0.25) is 0 Å². The van der Waals surface area contributed by atoms with Gasteiger partial charge >= 0.3 is 0 Å². The minimum atomic E-state index is -0.108. The van der Waals surface area contributed by atoms with Crippen LogP contribution in [0.25, 0.3) is 0 Å². The third-order valence-electron chi connectivity index (χ3n) is 2.85. The van der Waals surface area contributed by atoms with E-state index in [4.69, 9.17) is 5.84 Å². The van der Waals surface area contributed by atoms with Gasteiger partial charge in [0.25, 0.3) is 5.91 Å². The molecule has 4 N–H and O–H groups in total. The second-order valence-electron chi connectivity index (χ2n) is 4.33. The fourth-order valence-electron chi connectivity index (χ4n) is 1.83. The number of thiophene rings is 1. The van der Waals surface area contributed by atoms with Gasteiger partial charge in [0.15, 0.2) is 0 Å². The Kier molecular flexibility index (Phi) is 4.54. The van der Waals surface area contributed by atoms with Crippen molar-refractivity contribution >= 4 is 22.9 Å². The number of nitrogens with two attached hydrogens (primary N) is 1. The van der Waals surface area contributed by atoms with Gasteiger partial charge < -0.3 is 10.7 Å². The average molecular weight is 275 g/mol. The fourth-order valence-corrected chi connectivity index (χ4v) is 2.53. The number of nitrogen functional groups attached to an aromatic ring is 1. The maximum Gasteiger partial charge on any atom is 0.253 e. The van der Waals surface area contributed by atoms with E-state index in [1.54, 1.807) is 17.4 Å². The second-order valence-corrected chi connectivity index (χ2v) is 5.11. The predicted molar refractivity (Wildman–Crippen MR) is 79.3 cm³/mol. The molecular formula is C14H17N3OS. The van der Waals surface area contributed by atoms with Crippen LogP contribution in [-0.2, 0) is 6.42 Å². The third kappa shape index (κ3) is 3.56. The highest BCUT2D eigenvalue weighted by molar-refractivity contribution is 7.07. The van der Waals surface area contributed by atoms with E-state index >= 15 is 0 Å². The quantitative estimate of drug-likeness (QED) is 0.579. The minimum Gasteiger partial charge on any atom is -0.352 e. The number of rotatable bonds is 5. The molecule has 0 aliphatic rings. The predicted octanol–water partition coefficient (Wildman–Crippen LogP) is 2.31. The van der Waals surface area contributed by atoms with Crippen LogP contribution in [-0.4, -0.2) is 12.5 Å². The molecule has 1 aromatic carbocycles. The summed E-state index contributed by atoms with van der Waals surface area (Å²) >= 11 is 1.66. The lowest BCUT2D eigenvalue weighted by Gasteiger charge is -2.10. The van der Waals surface area contributed by atoms with E-state index in [1.807, 2.05) is 24.4 Å². The Morgan fingerprint density at radius 2 is 2.21 bits per heavy atom. The van der Waals surface area contributed by atoms with Crippen molar-refractivity contribution in [3.05, 3.63) is 51.7 Å². The minimum absolute atomic E-state index is 0.108. The van der Waals surface area contributed by atoms with Crippen molar-refractivity contribution in [3.63, 3.8) is 0 Å². The van der Waals surface area contributed by atoms with Crippen molar-refractivity contribution in [2.45, 2.75) is 13.3 Å². The van der Waals surface area contributed by atoms with Gasteiger partial charge in [0, 0.05) is 6.54 Å². The summed E-state index contributed by atoms with van der Waals surface area (Å²) in [4.78, 5) is 12.1. The van der Waals surface area contributed by atoms with Crippen molar-refractivity contribution in [1.29, 1.82) is 0 Å². The summed E-state index contributed by atoms with van der Waals surface area (Å²) in [5, 5.41) is 7.03. The Bertz CT molecular complexity index is 552. The fraction of sp³-hybridized carbons (Fsp3) is 0.214. The number of hydrogen-bond donors (Lipinski definition) is 3. The van der Waals surface area contributed by atoms with E-state index in [-0.39, 0.29) is 5.91 Å². The summed E-state index contributed by atoms with van der Waals surface area (Å²) in [5.41, 5.74) is 6.08. The van der Waals surface area contributed by atoms with Gasteiger partial charge in [-0.1, -0.05) is 6.07 Å². The molecule has 1 heterocycles. The zero-order valence-corrected chi connectivity index (χ0v) is 11.6. The monoisotopic (exact) mass is 275 g/mol. The molecule has 1 amide bonds. The second kappa shape index (κ2) is 6.36. The SMILES string of the molecule is Cc1ccc(C(=O)NCCc2ccsc2)c(NN)c1. The number of anilines is 1. The Morgan fingerprint density at radius 1 is 1.37 bits per heavy atom. The molecule has 0 atom stereocenters. The van der Waals surface area contributed by atoms with E-state index in [9.17, 15) is 4.79 Å². The van der Waals surface area contributed by atoms with E-state index < -0.39 is 0 Å². The van der Waals surface area contributed by atoms with Crippen LogP contribution in [0.15, 0.2) is 35.0 Å². The van der Waals surface area contributed by atoms with Crippen LogP contribution in [0, 0.1) is 6.92 Å². The van der Waals surface area contributed by atoms with Crippen molar-refractivity contribution < 1.29 is 4.79 Å². The van der Waals surface area contributed by atoms with Crippen molar-refractivity contribution in [2.24, 2.45) is 5.84 Å². The molecule has 0 saturated carbocycles. The highest BCUT2D eigenvalue weighted by atomic mass is 32.1. The van der Waals surface area contributed by atoms with Crippen LogP contribution in [0.4, 0.5) is 5.69 Å². The van der Waals surface area contributed by atoms with Gasteiger partial charge in [-0.3, -0.25) is 10.6 Å². The maximum atomic E-state index is 12.1. The van der Waals surface area contributed by atoms with Crippen molar-refractivity contribution in [2.75, 3.05) is 12.0 Å². The molecule has 0 aliphatic heterocycles. The molecule has 5 heteroatoms. The molecule has 19 heavy (non-hydrogen) atoms. The summed E-state index contributed by atoms with van der Waals surface area (Å²) in [5.74, 6) is 5.33. The number of benzene rings is 1. The molecule has 100 valence electrons. The number of hydrazine groups is 1. The van der Waals surface area contributed by atoms with Gasteiger partial charge in [-0.25, -0.2) is 0 Å². The summed E-state index contributed by atoms with van der Waals surface area (Å²) in [6.45, 7) is 2.58. The largest absolute Gasteiger partial charge is 0.352 e. The topological polar surface area (TPSA) is 67.2 Å². The Balaban J connectivity index is 1.96. The first-order chi connectivity index (χ1) is 9.20. The summed E-state index contributed by atoms with van der Waals surface area (Å²) in [7, 11) is 0.